The Hall–Kier alpha value is -4.12. The van der Waals surface area contributed by atoms with Crippen LogP contribution in [0.2, 0.25) is 0 Å². The van der Waals surface area contributed by atoms with E-state index < -0.39 is 0 Å². The fourth-order valence-corrected chi connectivity index (χ4v) is 3.45. The average Bonchev–Trinajstić information content (AvgIpc) is 3.36. The highest BCUT2D eigenvalue weighted by Gasteiger charge is 2.14. The van der Waals surface area contributed by atoms with E-state index in [9.17, 15) is 0 Å². The molecule has 164 valence electrons. The Morgan fingerprint density at radius 1 is 1.12 bits per heavy atom. The van der Waals surface area contributed by atoms with E-state index in [0.29, 0.717) is 18.3 Å². The molecule has 1 aromatic carbocycles. The van der Waals surface area contributed by atoms with Gasteiger partial charge in [0.15, 0.2) is 5.82 Å². The predicted octanol–water partition coefficient (Wildman–Crippen LogP) is 4.30. The number of benzene rings is 1. The number of aryl methyl sites for hydroxylation is 3. The number of hydrogen-bond acceptors (Lipinski definition) is 6. The van der Waals surface area contributed by atoms with E-state index in [2.05, 4.69) is 50.6 Å². The molecule has 3 heterocycles. The van der Waals surface area contributed by atoms with Gasteiger partial charge in [0, 0.05) is 42.5 Å². The summed E-state index contributed by atoms with van der Waals surface area (Å²) in [5, 5.41) is 14.6. The van der Waals surface area contributed by atoms with E-state index >= 15 is 0 Å². The molecule has 32 heavy (non-hydrogen) atoms. The van der Waals surface area contributed by atoms with Crippen molar-refractivity contribution in [3.63, 3.8) is 0 Å². The van der Waals surface area contributed by atoms with Gasteiger partial charge in [0.25, 0.3) is 0 Å². The van der Waals surface area contributed by atoms with Crippen LogP contribution in [0.4, 0.5) is 11.8 Å². The molecule has 0 bridgehead atoms. The molecule has 0 aliphatic heterocycles. The fourth-order valence-electron chi connectivity index (χ4n) is 3.45. The molecule has 4 rings (SSSR count). The summed E-state index contributed by atoms with van der Waals surface area (Å²) in [6.45, 7) is 8.53. The molecule has 0 radical (unpaired) electrons. The van der Waals surface area contributed by atoms with E-state index in [1.165, 1.54) is 0 Å². The SMILES string of the molecule is C#C.CCN=c1cc(-c2cccc(-c3c(C)noc3C)c2)nc(Nc2cc(C)[nH]n2)n1C. The molecule has 0 aliphatic rings. The van der Waals surface area contributed by atoms with Gasteiger partial charge in [0.2, 0.25) is 5.95 Å². The number of nitrogens with zero attached hydrogens (tertiary/aromatic N) is 5. The lowest BCUT2D eigenvalue weighted by molar-refractivity contribution is 0.393. The van der Waals surface area contributed by atoms with E-state index in [0.717, 1.165) is 45.0 Å². The van der Waals surface area contributed by atoms with Gasteiger partial charge in [-0.05, 0) is 39.3 Å². The van der Waals surface area contributed by atoms with Crippen LogP contribution in [-0.4, -0.2) is 31.4 Å². The van der Waals surface area contributed by atoms with Crippen LogP contribution in [0.25, 0.3) is 22.4 Å². The highest BCUT2D eigenvalue weighted by atomic mass is 16.5. The van der Waals surface area contributed by atoms with Gasteiger partial charge in [-0.2, -0.15) is 5.10 Å². The molecule has 3 aromatic heterocycles. The lowest BCUT2D eigenvalue weighted by atomic mass is 10.0. The molecule has 0 spiro atoms. The maximum atomic E-state index is 5.35. The van der Waals surface area contributed by atoms with Crippen LogP contribution < -0.4 is 10.8 Å². The lowest BCUT2D eigenvalue weighted by Gasteiger charge is -2.12. The van der Waals surface area contributed by atoms with Crippen molar-refractivity contribution in [1.82, 2.24) is 24.9 Å². The molecule has 2 N–H and O–H groups in total. The lowest BCUT2D eigenvalue weighted by Crippen LogP contribution is -2.22. The Bertz CT molecular complexity index is 1290. The van der Waals surface area contributed by atoms with E-state index in [1.54, 1.807) is 0 Å². The Balaban J connectivity index is 0.00000141. The number of hydrogen-bond donors (Lipinski definition) is 2. The highest BCUT2D eigenvalue weighted by Crippen LogP contribution is 2.30. The zero-order chi connectivity index (χ0) is 23.3. The normalized spacial score (nSPS) is 11.2. The van der Waals surface area contributed by atoms with Crippen LogP contribution in [0.15, 0.2) is 45.9 Å². The van der Waals surface area contributed by atoms with Crippen LogP contribution in [0.1, 0.15) is 24.1 Å². The molecule has 0 atom stereocenters. The third-order valence-corrected chi connectivity index (χ3v) is 4.90. The van der Waals surface area contributed by atoms with Gasteiger partial charge in [-0.15, -0.1) is 12.8 Å². The maximum Gasteiger partial charge on any atom is 0.210 e. The van der Waals surface area contributed by atoms with Crippen molar-refractivity contribution in [2.45, 2.75) is 27.7 Å². The predicted molar refractivity (Wildman–Crippen MR) is 126 cm³/mol. The van der Waals surface area contributed by atoms with Crippen molar-refractivity contribution < 1.29 is 4.52 Å². The Morgan fingerprint density at radius 2 is 1.88 bits per heavy atom. The molecule has 8 heteroatoms. The van der Waals surface area contributed by atoms with Crippen molar-refractivity contribution in [3.8, 4) is 35.2 Å². The number of aromatic amines is 1. The molecule has 0 unspecified atom stereocenters. The number of rotatable bonds is 5. The van der Waals surface area contributed by atoms with Gasteiger partial charge in [-0.1, -0.05) is 23.4 Å². The van der Waals surface area contributed by atoms with Gasteiger partial charge in [-0.3, -0.25) is 14.7 Å². The molecule has 0 saturated carbocycles. The molecule has 0 saturated heterocycles. The van der Waals surface area contributed by atoms with Gasteiger partial charge in [0.05, 0.1) is 11.4 Å². The standard InChI is InChI=1S/C22H25N7O.C2H2/c1-6-23-20-12-18(24-22(29(20)5)25-19-10-13(2)26-27-19)16-8-7-9-17(11-16)21-14(3)28-30-15(21)4;1-2/h7-12H,6H2,1-5H3,(H2,24,25,26,27);1-2H. The van der Waals surface area contributed by atoms with Crippen LogP contribution in [0.5, 0.6) is 0 Å². The first-order chi connectivity index (χ1) is 15.5. The van der Waals surface area contributed by atoms with Crippen molar-refractivity contribution in [2.24, 2.45) is 12.0 Å². The number of nitrogens with one attached hydrogen (secondary N) is 2. The average molecular weight is 430 g/mol. The van der Waals surface area contributed by atoms with Crippen molar-refractivity contribution in [1.29, 1.82) is 0 Å². The number of aromatic nitrogens is 5. The third-order valence-electron chi connectivity index (χ3n) is 4.90. The summed E-state index contributed by atoms with van der Waals surface area (Å²) in [7, 11) is 1.94. The molecular formula is C24H27N7O. The minimum absolute atomic E-state index is 0.661. The monoisotopic (exact) mass is 429 g/mol. The van der Waals surface area contributed by atoms with Gasteiger partial charge in [0.1, 0.15) is 11.2 Å². The largest absolute Gasteiger partial charge is 0.361 e. The summed E-state index contributed by atoms with van der Waals surface area (Å²) in [6.07, 6.45) is 8.00. The number of terminal acetylenes is 1. The molecule has 0 fully saturated rings. The van der Waals surface area contributed by atoms with Gasteiger partial charge in [-0.25, -0.2) is 4.98 Å². The molecular weight excluding hydrogens is 402 g/mol. The zero-order valence-corrected chi connectivity index (χ0v) is 19.0. The second kappa shape index (κ2) is 9.79. The first-order valence-electron chi connectivity index (χ1n) is 10.2. The summed E-state index contributed by atoms with van der Waals surface area (Å²) >= 11 is 0. The van der Waals surface area contributed by atoms with E-state index in [4.69, 9.17) is 9.51 Å². The molecule has 8 nitrogen and oxygen atoms in total. The number of H-pyrrole nitrogens is 1. The van der Waals surface area contributed by atoms with E-state index in [1.807, 2.05) is 63.6 Å². The quantitative estimate of drug-likeness (QED) is 0.461. The van der Waals surface area contributed by atoms with Crippen LogP contribution in [0.3, 0.4) is 0 Å². The fraction of sp³-hybridized carbons (Fsp3) is 0.250. The Morgan fingerprint density at radius 3 is 2.50 bits per heavy atom. The third kappa shape index (κ3) is 4.62. The second-order valence-electron chi connectivity index (χ2n) is 7.20. The van der Waals surface area contributed by atoms with Crippen LogP contribution in [-0.2, 0) is 7.05 Å². The Labute approximate surface area is 187 Å². The second-order valence-corrected chi connectivity index (χ2v) is 7.20. The minimum atomic E-state index is 0.661. The van der Waals surface area contributed by atoms with Gasteiger partial charge >= 0.3 is 0 Å². The summed E-state index contributed by atoms with van der Waals surface area (Å²) in [4.78, 5) is 9.49. The molecule has 0 aliphatic carbocycles. The number of anilines is 2. The highest BCUT2D eigenvalue weighted by molar-refractivity contribution is 5.74. The Kier molecular flexibility index (Phi) is 6.90. The van der Waals surface area contributed by atoms with E-state index in [-0.39, 0.29) is 0 Å². The summed E-state index contributed by atoms with van der Waals surface area (Å²) < 4.78 is 7.27. The minimum Gasteiger partial charge on any atom is -0.361 e. The molecule has 4 aromatic rings. The first-order valence-corrected chi connectivity index (χ1v) is 10.2. The summed E-state index contributed by atoms with van der Waals surface area (Å²) in [5.74, 6) is 2.17. The van der Waals surface area contributed by atoms with Crippen LogP contribution >= 0.6 is 0 Å². The summed E-state index contributed by atoms with van der Waals surface area (Å²) in [6, 6.07) is 12.2. The molecule has 0 amide bonds. The topological polar surface area (TPSA) is 96.9 Å². The maximum absolute atomic E-state index is 5.35. The first kappa shape index (κ1) is 22.6. The summed E-state index contributed by atoms with van der Waals surface area (Å²) in [5.41, 5.74) is 6.55. The van der Waals surface area contributed by atoms with Crippen LogP contribution in [0, 0.1) is 33.6 Å². The van der Waals surface area contributed by atoms with Crippen molar-refractivity contribution in [2.75, 3.05) is 11.9 Å². The zero-order valence-electron chi connectivity index (χ0n) is 19.0. The van der Waals surface area contributed by atoms with Crippen molar-refractivity contribution in [3.05, 3.63) is 59.0 Å². The smallest absolute Gasteiger partial charge is 0.210 e. The van der Waals surface area contributed by atoms with Gasteiger partial charge < -0.3 is 9.84 Å². The van der Waals surface area contributed by atoms with Crippen molar-refractivity contribution >= 4 is 11.8 Å².